The first-order valence-corrected chi connectivity index (χ1v) is 9.01. The average Bonchev–Trinajstić information content (AvgIpc) is 2.71. The van der Waals surface area contributed by atoms with Crippen molar-refractivity contribution in [3.05, 3.63) is 48.4 Å². The molecular formula is C19H23N5O3. The molecule has 0 saturated carbocycles. The SMILES string of the molecule is CCOC(=O)N1CCC(Nc2ccc(NC(=O)c3cccnc3)nc2)CC1. The molecule has 2 amide bonds. The number of carbonyl (C=O) groups excluding carboxylic acids is 2. The van der Waals surface area contributed by atoms with Gasteiger partial charge < -0.3 is 20.3 Å². The van der Waals surface area contributed by atoms with Gasteiger partial charge in [0.15, 0.2) is 0 Å². The van der Waals surface area contributed by atoms with Crippen LogP contribution in [0.4, 0.5) is 16.3 Å². The van der Waals surface area contributed by atoms with E-state index in [1.807, 2.05) is 13.0 Å². The van der Waals surface area contributed by atoms with Crippen LogP contribution in [0.2, 0.25) is 0 Å². The first-order chi connectivity index (χ1) is 13.2. The second kappa shape index (κ2) is 8.98. The van der Waals surface area contributed by atoms with Crippen molar-refractivity contribution >= 4 is 23.5 Å². The van der Waals surface area contributed by atoms with Crippen LogP contribution >= 0.6 is 0 Å². The van der Waals surface area contributed by atoms with E-state index in [9.17, 15) is 9.59 Å². The summed E-state index contributed by atoms with van der Waals surface area (Å²) in [5, 5.41) is 6.16. The molecule has 0 aromatic carbocycles. The molecule has 0 radical (unpaired) electrons. The lowest BCUT2D eigenvalue weighted by Gasteiger charge is -2.32. The molecule has 142 valence electrons. The molecule has 3 heterocycles. The Kier molecular flexibility index (Phi) is 6.19. The Morgan fingerprint density at radius 3 is 2.67 bits per heavy atom. The van der Waals surface area contributed by atoms with Crippen LogP contribution in [0.25, 0.3) is 0 Å². The Labute approximate surface area is 158 Å². The van der Waals surface area contributed by atoms with Gasteiger partial charge in [0.1, 0.15) is 5.82 Å². The molecule has 0 atom stereocenters. The Bertz CT molecular complexity index is 759. The first-order valence-electron chi connectivity index (χ1n) is 9.01. The lowest BCUT2D eigenvalue weighted by molar-refractivity contribution is 0.0981. The van der Waals surface area contributed by atoms with Crippen LogP contribution in [0.5, 0.6) is 0 Å². The summed E-state index contributed by atoms with van der Waals surface area (Å²) < 4.78 is 5.03. The molecule has 0 bridgehead atoms. The molecule has 8 heteroatoms. The molecule has 2 aromatic heterocycles. The fourth-order valence-electron chi connectivity index (χ4n) is 2.90. The Hall–Kier alpha value is -3.16. The van der Waals surface area contributed by atoms with Gasteiger partial charge in [0.25, 0.3) is 5.91 Å². The summed E-state index contributed by atoms with van der Waals surface area (Å²) in [7, 11) is 0. The predicted molar refractivity (Wildman–Crippen MR) is 102 cm³/mol. The van der Waals surface area contributed by atoms with Gasteiger partial charge in [-0.2, -0.15) is 0 Å². The number of piperidine rings is 1. The second-order valence-electron chi connectivity index (χ2n) is 6.23. The molecule has 2 N–H and O–H groups in total. The van der Waals surface area contributed by atoms with Crippen molar-refractivity contribution in [3.63, 3.8) is 0 Å². The zero-order valence-electron chi connectivity index (χ0n) is 15.2. The summed E-state index contributed by atoms with van der Waals surface area (Å²) in [5.74, 6) is 0.231. The minimum Gasteiger partial charge on any atom is -0.450 e. The van der Waals surface area contributed by atoms with Crippen molar-refractivity contribution in [2.24, 2.45) is 0 Å². The van der Waals surface area contributed by atoms with E-state index in [4.69, 9.17) is 4.74 Å². The van der Waals surface area contributed by atoms with E-state index < -0.39 is 0 Å². The summed E-state index contributed by atoms with van der Waals surface area (Å²) in [6, 6.07) is 7.31. The molecule has 0 spiro atoms. The van der Waals surface area contributed by atoms with Gasteiger partial charge in [0, 0.05) is 31.5 Å². The second-order valence-corrected chi connectivity index (χ2v) is 6.23. The number of carbonyl (C=O) groups is 2. The molecule has 8 nitrogen and oxygen atoms in total. The lowest BCUT2D eigenvalue weighted by Crippen LogP contribution is -2.42. The summed E-state index contributed by atoms with van der Waals surface area (Å²) in [5.41, 5.74) is 1.36. The van der Waals surface area contributed by atoms with Crippen molar-refractivity contribution in [1.29, 1.82) is 0 Å². The number of ether oxygens (including phenoxy) is 1. The molecule has 1 fully saturated rings. The Morgan fingerprint density at radius 2 is 2.04 bits per heavy atom. The first kappa shape index (κ1) is 18.6. The topological polar surface area (TPSA) is 96.5 Å². The van der Waals surface area contributed by atoms with E-state index in [0.29, 0.717) is 31.1 Å². The highest BCUT2D eigenvalue weighted by Crippen LogP contribution is 2.18. The van der Waals surface area contributed by atoms with E-state index in [1.165, 1.54) is 6.20 Å². The van der Waals surface area contributed by atoms with Gasteiger partial charge in [0.2, 0.25) is 0 Å². The van der Waals surface area contributed by atoms with Crippen LogP contribution in [0, 0.1) is 0 Å². The number of nitrogens with zero attached hydrogens (tertiary/aromatic N) is 3. The third kappa shape index (κ3) is 5.16. The van der Waals surface area contributed by atoms with Crippen molar-refractivity contribution < 1.29 is 14.3 Å². The number of hydrogen-bond donors (Lipinski definition) is 2. The number of pyridine rings is 2. The van der Waals surface area contributed by atoms with Crippen LogP contribution in [-0.4, -0.2) is 52.6 Å². The maximum atomic E-state index is 12.1. The van der Waals surface area contributed by atoms with Gasteiger partial charge in [-0.05, 0) is 44.0 Å². The van der Waals surface area contributed by atoms with E-state index in [1.54, 1.807) is 35.5 Å². The predicted octanol–water partition coefficient (Wildman–Crippen LogP) is 2.76. The van der Waals surface area contributed by atoms with Crippen molar-refractivity contribution in [3.8, 4) is 0 Å². The zero-order valence-corrected chi connectivity index (χ0v) is 15.2. The van der Waals surface area contributed by atoms with E-state index in [-0.39, 0.29) is 18.0 Å². The maximum absolute atomic E-state index is 12.1. The van der Waals surface area contributed by atoms with Gasteiger partial charge in [-0.15, -0.1) is 0 Å². The molecule has 0 unspecified atom stereocenters. The molecule has 0 aliphatic carbocycles. The summed E-state index contributed by atoms with van der Waals surface area (Å²) in [6.45, 7) is 3.54. The molecule has 1 aliphatic rings. The van der Waals surface area contributed by atoms with Crippen LogP contribution in [0.3, 0.4) is 0 Å². The van der Waals surface area contributed by atoms with Crippen molar-refractivity contribution in [2.75, 3.05) is 30.3 Å². The normalized spacial score (nSPS) is 14.5. The monoisotopic (exact) mass is 369 g/mol. The van der Waals surface area contributed by atoms with Crippen molar-refractivity contribution in [2.45, 2.75) is 25.8 Å². The Balaban J connectivity index is 1.48. The third-order valence-corrected chi connectivity index (χ3v) is 4.32. The number of rotatable bonds is 5. The lowest BCUT2D eigenvalue weighted by atomic mass is 10.1. The van der Waals surface area contributed by atoms with Gasteiger partial charge >= 0.3 is 6.09 Å². The molecule has 3 rings (SSSR count). The largest absolute Gasteiger partial charge is 0.450 e. The van der Waals surface area contributed by atoms with E-state index in [2.05, 4.69) is 20.6 Å². The fraction of sp³-hybridized carbons (Fsp3) is 0.368. The fourth-order valence-corrected chi connectivity index (χ4v) is 2.90. The average molecular weight is 369 g/mol. The number of nitrogens with one attached hydrogen (secondary N) is 2. The summed E-state index contributed by atoms with van der Waals surface area (Å²) >= 11 is 0. The Morgan fingerprint density at radius 1 is 1.22 bits per heavy atom. The van der Waals surface area contributed by atoms with Gasteiger partial charge in [-0.25, -0.2) is 9.78 Å². The molecule has 1 saturated heterocycles. The number of aromatic nitrogens is 2. The van der Waals surface area contributed by atoms with E-state index >= 15 is 0 Å². The highest BCUT2D eigenvalue weighted by Gasteiger charge is 2.23. The number of hydrogen-bond acceptors (Lipinski definition) is 6. The maximum Gasteiger partial charge on any atom is 0.409 e. The standard InChI is InChI=1S/C19H23N5O3/c1-2-27-19(26)24-10-7-15(8-11-24)22-16-5-6-17(21-13-16)23-18(25)14-4-3-9-20-12-14/h3-6,9,12-13,15,22H,2,7-8,10-11H2,1H3,(H,21,23,25). The number of likely N-dealkylation sites (tertiary alicyclic amines) is 1. The molecular weight excluding hydrogens is 346 g/mol. The van der Waals surface area contributed by atoms with Gasteiger partial charge in [-0.3, -0.25) is 9.78 Å². The number of anilines is 2. The smallest absolute Gasteiger partial charge is 0.409 e. The van der Waals surface area contributed by atoms with Gasteiger partial charge in [0.05, 0.1) is 24.1 Å². The molecule has 27 heavy (non-hydrogen) atoms. The van der Waals surface area contributed by atoms with Crippen LogP contribution in [0.1, 0.15) is 30.1 Å². The highest BCUT2D eigenvalue weighted by atomic mass is 16.6. The summed E-state index contributed by atoms with van der Waals surface area (Å²) in [6.07, 6.45) is 6.26. The minimum atomic E-state index is -0.248. The highest BCUT2D eigenvalue weighted by molar-refractivity contribution is 6.03. The molecule has 2 aromatic rings. The van der Waals surface area contributed by atoms with Crippen LogP contribution < -0.4 is 10.6 Å². The van der Waals surface area contributed by atoms with Crippen molar-refractivity contribution in [1.82, 2.24) is 14.9 Å². The third-order valence-electron chi connectivity index (χ3n) is 4.32. The quantitative estimate of drug-likeness (QED) is 0.841. The van der Waals surface area contributed by atoms with Gasteiger partial charge in [-0.1, -0.05) is 0 Å². The van der Waals surface area contributed by atoms with Crippen LogP contribution in [0.15, 0.2) is 42.9 Å². The summed E-state index contributed by atoms with van der Waals surface area (Å²) in [4.78, 5) is 33.8. The van der Waals surface area contributed by atoms with Crippen LogP contribution in [-0.2, 0) is 4.74 Å². The van der Waals surface area contributed by atoms with E-state index in [0.717, 1.165) is 18.5 Å². The molecule has 1 aliphatic heterocycles. The number of amides is 2. The zero-order chi connectivity index (χ0) is 19.1. The minimum absolute atomic E-state index is 0.244.